The molecule has 1 aromatic rings. The largest absolute Gasteiger partial charge is 0.507 e. The Bertz CT molecular complexity index is 676. The summed E-state index contributed by atoms with van der Waals surface area (Å²) in [4.78, 5) is 22.9. The van der Waals surface area contributed by atoms with E-state index in [1.807, 2.05) is 20.8 Å². The molecule has 0 aromatic heterocycles. The molecule has 0 bridgehead atoms. The fourth-order valence-corrected chi connectivity index (χ4v) is 2.99. The minimum Gasteiger partial charge on any atom is -0.507 e. The molecule has 0 amide bonds. The van der Waals surface area contributed by atoms with Crippen LogP contribution in [0.2, 0.25) is 5.02 Å². The Balaban J connectivity index is 2.50. The van der Waals surface area contributed by atoms with Gasteiger partial charge in [0, 0.05) is 5.56 Å². The number of halogens is 1. The number of benzene rings is 1. The van der Waals surface area contributed by atoms with Gasteiger partial charge in [0.05, 0.1) is 22.6 Å². The van der Waals surface area contributed by atoms with E-state index >= 15 is 0 Å². The summed E-state index contributed by atoms with van der Waals surface area (Å²) in [7, 11) is 0. The lowest BCUT2D eigenvalue weighted by atomic mass is 9.93. The summed E-state index contributed by atoms with van der Waals surface area (Å²) in [6, 6.07) is 0. The van der Waals surface area contributed by atoms with Crippen LogP contribution in [-0.2, 0) is 16.0 Å². The summed E-state index contributed by atoms with van der Waals surface area (Å²) in [5, 5.41) is 20.6. The number of hydrogen-bond donors (Lipinski definition) is 2. The molecule has 2 N–H and O–H groups in total. The van der Waals surface area contributed by atoms with E-state index in [1.165, 1.54) is 0 Å². The van der Waals surface area contributed by atoms with E-state index in [4.69, 9.17) is 16.3 Å². The number of carbonyl (C=O) groups is 2. The number of aromatic hydroxyl groups is 2. The van der Waals surface area contributed by atoms with Crippen molar-refractivity contribution < 1.29 is 24.5 Å². The molecule has 0 fully saturated rings. The van der Waals surface area contributed by atoms with Gasteiger partial charge in [-0.15, -0.1) is 0 Å². The van der Waals surface area contributed by atoms with Gasteiger partial charge in [0.2, 0.25) is 0 Å². The molecule has 0 saturated carbocycles. The zero-order valence-electron chi connectivity index (χ0n) is 16.9. The average molecular weight is 399 g/mol. The zero-order valence-corrected chi connectivity index (χ0v) is 17.7. The lowest BCUT2D eigenvalue weighted by Gasteiger charge is -2.17. The molecular formula is C21H31ClO5. The number of phenolic OH excluding ortho intramolecular Hbond substituents is 2. The van der Waals surface area contributed by atoms with E-state index in [0.29, 0.717) is 36.4 Å². The van der Waals surface area contributed by atoms with E-state index in [2.05, 4.69) is 6.92 Å². The fourth-order valence-electron chi connectivity index (χ4n) is 2.77. The third-order valence-electron chi connectivity index (χ3n) is 4.71. The number of ether oxygens (including phenoxy) is 1. The molecule has 5 nitrogen and oxygen atoms in total. The number of hydrogen-bond acceptors (Lipinski definition) is 5. The van der Waals surface area contributed by atoms with E-state index in [1.54, 1.807) is 6.92 Å². The molecule has 1 atom stereocenters. The number of rotatable bonds is 9. The second-order valence-corrected chi connectivity index (χ2v) is 8.55. The van der Waals surface area contributed by atoms with Crippen LogP contribution < -0.4 is 0 Å². The number of unbranched alkanes of at least 4 members (excludes halogenated alkanes) is 1. The smallest absolute Gasteiger partial charge is 0.311 e. The molecule has 1 rings (SSSR count). The summed E-state index contributed by atoms with van der Waals surface area (Å²) >= 11 is 6.07. The molecule has 0 heterocycles. The molecule has 0 saturated heterocycles. The molecule has 27 heavy (non-hydrogen) atoms. The number of phenols is 2. The van der Waals surface area contributed by atoms with Crippen molar-refractivity contribution in [3.05, 3.63) is 21.7 Å². The number of carbonyl (C=O) groups excluding carboxylic acids is 2. The van der Waals surface area contributed by atoms with Crippen molar-refractivity contribution in [3.8, 4) is 11.5 Å². The van der Waals surface area contributed by atoms with E-state index in [0.717, 1.165) is 25.7 Å². The molecule has 0 aliphatic rings. The van der Waals surface area contributed by atoms with Crippen molar-refractivity contribution in [2.24, 2.45) is 11.3 Å². The van der Waals surface area contributed by atoms with Gasteiger partial charge in [-0.3, -0.25) is 9.59 Å². The molecule has 152 valence electrons. The molecule has 1 unspecified atom stereocenters. The Labute approximate surface area is 166 Å². The van der Waals surface area contributed by atoms with Gasteiger partial charge in [-0.2, -0.15) is 0 Å². The lowest BCUT2D eigenvalue weighted by Crippen LogP contribution is -2.23. The molecule has 0 radical (unpaired) electrons. The molecule has 6 heteroatoms. The van der Waals surface area contributed by atoms with Gasteiger partial charge in [-0.25, -0.2) is 0 Å². The molecule has 1 aromatic carbocycles. The van der Waals surface area contributed by atoms with Crippen LogP contribution in [0.3, 0.4) is 0 Å². The highest BCUT2D eigenvalue weighted by Gasteiger charge is 2.23. The van der Waals surface area contributed by atoms with Crippen LogP contribution in [0.5, 0.6) is 11.5 Å². The monoisotopic (exact) mass is 398 g/mol. The second-order valence-electron chi connectivity index (χ2n) is 8.17. The highest BCUT2D eigenvalue weighted by molar-refractivity contribution is 6.33. The first-order valence-corrected chi connectivity index (χ1v) is 9.73. The first-order chi connectivity index (χ1) is 12.5. The summed E-state index contributed by atoms with van der Waals surface area (Å²) in [5.74, 6) is -0.185. The summed E-state index contributed by atoms with van der Waals surface area (Å²) in [6.45, 7) is 9.58. The average Bonchev–Trinajstić information content (AvgIpc) is 2.59. The quantitative estimate of drug-likeness (QED) is 0.339. The van der Waals surface area contributed by atoms with Crippen molar-refractivity contribution in [3.63, 3.8) is 0 Å². The van der Waals surface area contributed by atoms with Gasteiger partial charge in [-0.05, 0) is 64.9 Å². The second kappa shape index (κ2) is 9.98. The Hall–Kier alpha value is -1.75. The molecule has 0 aliphatic heterocycles. The van der Waals surface area contributed by atoms with Crippen LogP contribution in [0.15, 0.2) is 0 Å². The van der Waals surface area contributed by atoms with Crippen LogP contribution in [0.25, 0.3) is 0 Å². The summed E-state index contributed by atoms with van der Waals surface area (Å²) in [6.07, 6.45) is 4.38. The Kier molecular flexibility index (Phi) is 8.60. The molecular weight excluding hydrogens is 368 g/mol. The first-order valence-electron chi connectivity index (χ1n) is 9.35. The van der Waals surface area contributed by atoms with Crippen LogP contribution in [0.4, 0.5) is 0 Å². The van der Waals surface area contributed by atoms with Crippen LogP contribution in [-0.4, -0.2) is 29.1 Å². The maximum absolute atomic E-state index is 11.7. The fraction of sp³-hybridized carbons (Fsp3) is 0.619. The normalized spacial score (nSPS) is 12.7. The number of aldehydes is 1. The van der Waals surface area contributed by atoms with Crippen LogP contribution in [0, 0.1) is 18.3 Å². The Morgan fingerprint density at radius 1 is 1.19 bits per heavy atom. The predicted octanol–water partition coefficient (Wildman–Crippen LogP) is 5.20. The van der Waals surface area contributed by atoms with Gasteiger partial charge in [-0.1, -0.05) is 24.9 Å². The standard InChI is InChI=1S/C21H31ClO5/c1-13(8-6-7-11-27-20(26)21(3,4)5)9-10-15-18(24)16(12-23)14(2)17(22)19(15)25/h12-13,24-25H,6-11H2,1-5H3. The van der Waals surface area contributed by atoms with E-state index in [9.17, 15) is 19.8 Å². The van der Waals surface area contributed by atoms with E-state index in [-0.39, 0.29) is 28.1 Å². The minimum atomic E-state index is -0.479. The maximum Gasteiger partial charge on any atom is 0.311 e. The van der Waals surface area contributed by atoms with Gasteiger partial charge < -0.3 is 14.9 Å². The number of esters is 1. The van der Waals surface area contributed by atoms with Crippen molar-refractivity contribution in [2.45, 2.75) is 66.7 Å². The van der Waals surface area contributed by atoms with Crippen LogP contribution in [0.1, 0.15) is 74.9 Å². The Morgan fingerprint density at radius 2 is 1.81 bits per heavy atom. The first kappa shape index (κ1) is 23.3. The SMILES string of the molecule is Cc1c(Cl)c(O)c(CCC(C)CCCCOC(=O)C(C)(C)C)c(O)c1C=O. The van der Waals surface area contributed by atoms with Gasteiger partial charge in [0.15, 0.2) is 6.29 Å². The summed E-state index contributed by atoms with van der Waals surface area (Å²) in [5.41, 5.74) is 0.343. The van der Waals surface area contributed by atoms with Crippen molar-refractivity contribution in [1.29, 1.82) is 0 Å². The van der Waals surface area contributed by atoms with Crippen molar-refractivity contribution in [2.75, 3.05) is 6.61 Å². The third-order valence-corrected chi connectivity index (χ3v) is 5.17. The van der Waals surface area contributed by atoms with Gasteiger partial charge in [0.1, 0.15) is 11.5 Å². The Morgan fingerprint density at radius 3 is 2.37 bits per heavy atom. The van der Waals surface area contributed by atoms with Gasteiger partial charge >= 0.3 is 5.97 Å². The molecule has 0 spiro atoms. The molecule has 0 aliphatic carbocycles. The van der Waals surface area contributed by atoms with Crippen LogP contribution >= 0.6 is 11.6 Å². The predicted molar refractivity (Wildman–Crippen MR) is 107 cm³/mol. The van der Waals surface area contributed by atoms with Gasteiger partial charge in [0.25, 0.3) is 0 Å². The maximum atomic E-state index is 11.7. The lowest BCUT2D eigenvalue weighted by molar-refractivity contribution is -0.153. The minimum absolute atomic E-state index is 0.109. The third kappa shape index (κ3) is 6.42. The van der Waals surface area contributed by atoms with Crippen molar-refractivity contribution >= 4 is 23.9 Å². The van der Waals surface area contributed by atoms with E-state index < -0.39 is 5.41 Å². The summed E-state index contributed by atoms with van der Waals surface area (Å²) < 4.78 is 5.25. The highest BCUT2D eigenvalue weighted by atomic mass is 35.5. The highest BCUT2D eigenvalue weighted by Crippen LogP contribution is 2.41. The zero-order chi connectivity index (χ0) is 20.8. The van der Waals surface area contributed by atoms with Crippen molar-refractivity contribution in [1.82, 2.24) is 0 Å². The topological polar surface area (TPSA) is 83.8 Å².